The number of rotatable bonds is 12. The van der Waals surface area contributed by atoms with Gasteiger partial charge in [-0.15, -0.1) is 11.8 Å². The Balaban J connectivity index is 1.44. The molecule has 0 radical (unpaired) electrons. The summed E-state index contributed by atoms with van der Waals surface area (Å²) >= 11 is 1.66. The molecule has 186 valence electrons. The van der Waals surface area contributed by atoms with Crippen molar-refractivity contribution in [2.45, 2.75) is 31.1 Å². The Kier molecular flexibility index (Phi) is 10.3. The van der Waals surface area contributed by atoms with E-state index in [1.165, 1.54) is 0 Å². The first-order chi connectivity index (χ1) is 17.5. The third-order valence-electron chi connectivity index (χ3n) is 5.15. The summed E-state index contributed by atoms with van der Waals surface area (Å²) in [4.78, 5) is 36.9. The van der Waals surface area contributed by atoms with Crippen molar-refractivity contribution in [1.82, 2.24) is 0 Å². The minimum absolute atomic E-state index is 0.333. The Bertz CT molecular complexity index is 1170. The molecule has 0 aromatic heterocycles. The maximum Gasteiger partial charge on any atom is 0.343 e. The maximum atomic E-state index is 12.5. The Morgan fingerprint density at radius 2 is 1.31 bits per heavy atom. The molecule has 0 amide bonds. The van der Waals surface area contributed by atoms with Crippen molar-refractivity contribution in [2.24, 2.45) is 0 Å². The molecular formula is C29H28O6S. The summed E-state index contributed by atoms with van der Waals surface area (Å²) in [5.41, 5.74) is 1.94. The molecule has 0 fully saturated rings. The van der Waals surface area contributed by atoms with Crippen LogP contribution in [0.1, 0.15) is 46.0 Å². The predicted octanol–water partition coefficient (Wildman–Crippen LogP) is 6.29. The van der Waals surface area contributed by atoms with Crippen LogP contribution < -0.4 is 9.47 Å². The number of thioether (sulfide) groups is 1. The Morgan fingerprint density at radius 1 is 0.778 bits per heavy atom. The van der Waals surface area contributed by atoms with Crippen LogP contribution in [0.5, 0.6) is 11.5 Å². The molecule has 0 spiro atoms. The molecule has 7 heteroatoms. The minimum Gasteiger partial charge on any atom is -0.463 e. The van der Waals surface area contributed by atoms with Crippen molar-refractivity contribution >= 4 is 29.7 Å². The van der Waals surface area contributed by atoms with E-state index in [4.69, 9.17) is 14.2 Å². The van der Waals surface area contributed by atoms with Gasteiger partial charge in [0.2, 0.25) is 0 Å². The fourth-order valence-electron chi connectivity index (χ4n) is 3.10. The average Bonchev–Trinajstić information content (AvgIpc) is 2.91. The lowest BCUT2D eigenvalue weighted by atomic mass is 10.2. The van der Waals surface area contributed by atoms with Gasteiger partial charge in [0.1, 0.15) is 11.5 Å². The summed E-state index contributed by atoms with van der Waals surface area (Å²) < 4.78 is 15.8. The Morgan fingerprint density at radius 3 is 1.83 bits per heavy atom. The molecule has 6 nitrogen and oxygen atoms in total. The molecule has 0 aliphatic carbocycles. The van der Waals surface area contributed by atoms with Gasteiger partial charge in [0, 0.05) is 11.0 Å². The van der Waals surface area contributed by atoms with E-state index < -0.39 is 17.9 Å². The zero-order valence-corrected chi connectivity index (χ0v) is 20.9. The van der Waals surface area contributed by atoms with Gasteiger partial charge < -0.3 is 14.2 Å². The molecule has 0 atom stereocenters. The fourth-order valence-corrected chi connectivity index (χ4v) is 4.01. The lowest BCUT2D eigenvalue weighted by Gasteiger charge is -2.08. The standard InChI is InChI=1S/C29H28O6S/c1-3-21-7-13-24(14-8-21)34-28(31)22-9-15-25(16-10-22)35-29(32)23-11-17-26(18-12-23)36-20-6-5-19-33-27(30)4-2/h4,7-18H,2-3,5-6,19-20H2,1H3. The number of esters is 3. The zero-order valence-electron chi connectivity index (χ0n) is 20.1. The van der Waals surface area contributed by atoms with E-state index in [0.717, 1.165) is 41.6 Å². The topological polar surface area (TPSA) is 78.9 Å². The van der Waals surface area contributed by atoms with E-state index in [1.54, 1.807) is 60.3 Å². The van der Waals surface area contributed by atoms with Crippen molar-refractivity contribution in [3.05, 3.63) is 102 Å². The second kappa shape index (κ2) is 13.9. The van der Waals surface area contributed by atoms with E-state index in [1.807, 2.05) is 24.3 Å². The first-order valence-electron chi connectivity index (χ1n) is 11.6. The van der Waals surface area contributed by atoms with E-state index in [2.05, 4.69) is 13.5 Å². The normalized spacial score (nSPS) is 10.4. The number of hydrogen-bond acceptors (Lipinski definition) is 7. The van der Waals surface area contributed by atoms with Gasteiger partial charge in [-0.2, -0.15) is 0 Å². The fraction of sp³-hybridized carbons (Fsp3) is 0.207. The molecule has 0 N–H and O–H groups in total. The van der Waals surface area contributed by atoms with Gasteiger partial charge in [-0.3, -0.25) is 0 Å². The van der Waals surface area contributed by atoms with E-state index in [-0.39, 0.29) is 0 Å². The molecule has 0 heterocycles. The lowest BCUT2D eigenvalue weighted by Crippen LogP contribution is -2.10. The van der Waals surface area contributed by atoms with Crippen molar-refractivity contribution in [1.29, 1.82) is 0 Å². The van der Waals surface area contributed by atoms with Crippen LogP contribution in [-0.2, 0) is 16.0 Å². The first-order valence-corrected chi connectivity index (χ1v) is 12.6. The molecule has 0 bridgehead atoms. The zero-order chi connectivity index (χ0) is 25.8. The summed E-state index contributed by atoms with van der Waals surface area (Å²) in [6.07, 6.45) is 3.74. The average molecular weight is 505 g/mol. The van der Waals surface area contributed by atoms with Crippen molar-refractivity contribution in [3.8, 4) is 11.5 Å². The summed E-state index contributed by atoms with van der Waals surface area (Å²) in [6.45, 7) is 5.79. The van der Waals surface area contributed by atoms with Crippen LogP contribution in [-0.4, -0.2) is 30.3 Å². The highest BCUT2D eigenvalue weighted by Crippen LogP contribution is 2.21. The van der Waals surface area contributed by atoms with Crippen LogP contribution in [0.4, 0.5) is 0 Å². The van der Waals surface area contributed by atoms with Gasteiger partial charge in [-0.1, -0.05) is 25.6 Å². The van der Waals surface area contributed by atoms with E-state index in [0.29, 0.717) is 29.2 Å². The van der Waals surface area contributed by atoms with Crippen LogP contribution in [0.3, 0.4) is 0 Å². The minimum atomic E-state index is -0.484. The molecule has 0 saturated carbocycles. The SMILES string of the molecule is C=CC(=O)OCCCCSc1ccc(C(=O)Oc2ccc(C(=O)Oc3ccc(CC)cc3)cc2)cc1. The second-order valence-electron chi connectivity index (χ2n) is 7.75. The molecular weight excluding hydrogens is 476 g/mol. The molecule has 3 rings (SSSR count). The molecule has 36 heavy (non-hydrogen) atoms. The Labute approximate surface area is 215 Å². The van der Waals surface area contributed by atoms with E-state index in [9.17, 15) is 14.4 Å². The number of benzene rings is 3. The number of carbonyl (C=O) groups excluding carboxylic acids is 3. The smallest absolute Gasteiger partial charge is 0.343 e. The van der Waals surface area contributed by atoms with Crippen molar-refractivity contribution in [3.63, 3.8) is 0 Å². The molecule has 0 saturated heterocycles. The number of carbonyl (C=O) groups is 3. The third-order valence-corrected chi connectivity index (χ3v) is 6.25. The van der Waals surface area contributed by atoms with Crippen molar-refractivity contribution < 1.29 is 28.6 Å². The highest BCUT2D eigenvalue weighted by atomic mass is 32.2. The van der Waals surface area contributed by atoms with E-state index >= 15 is 0 Å². The van der Waals surface area contributed by atoms with Crippen LogP contribution in [0.2, 0.25) is 0 Å². The summed E-state index contributed by atoms with van der Waals surface area (Å²) in [7, 11) is 0. The number of hydrogen-bond donors (Lipinski definition) is 0. The number of ether oxygens (including phenoxy) is 3. The summed E-state index contributed by atoms with van der Waals surface area (Å²) in [5, 5.41) is 0. The molecule has 0 aliphatic heterocycles. The van der Waals surface area contributed by atoms with Gasteiger partial charge in [-0.25, -0.2) is 14.4 Å². The molecule has 3 aromatic carbocycles. The quantitative estimate of drug-likeness (QED) is 0.0943. The van der Waals surface area contributed by atoms with Gasteiger partial charge in [0.25, 0.3) is 0 Å². The van der Waals surface area contributed by atoms with Crippen LogP contribution >= 0.6 is 11.8 Å². The first kappa shape index (κ1) is 26.8. The molecule has 0 unspecified atom stereocenters. The summed E-state index contributed by atoms with van der Waals surface area (Å²) in [6, 6.07) is 20.8. The lowest BCUT2D eigenvalue weighted by molar-refractivity contribution is -0.137. The second-order valence-corrected chi connectivity index (χ2v) is 8.92. The Hall–Kier alpha value is -3.84. The number of unbranched alkanes of at least 4 members (excludes halogenated alkanes) is 1. The van der Waals surface area contributed by atoms with Crippen molar-refractivity contribution in [2.75, 3.05) is 12.4 Å². The third kappa shape index (κ3) is 8.43. The van der Waals surface area contributed by atoms with Gasteiger partial charge in [-0.05, 0) is 91.2 Å². The largest absolute Gasteiger partial charge is 0.463 e. The van der Waals surface area contributed by atoms with Gasteiger partial charge >= 0.3 is 17.9 Å². The van der Waals surface area contributed by atoms with Crippen LogP contribution in [0.25, 0.3) is 0 Å². The summed E-state index contributed by atoms with van der Waals surface area (Å²) in [5.74, 6) is 0.304. The highest BCUT2D eigenvalue weighted by Gasteiger charge is 2.12. The number of aryl methyl sites for hydroxylation is 1. The maximum absolute atomic E-state index is 12.5. The monoisotopic (exact) mass is 504 g/mol. The van der Waals surface area contributed by atoms with Gasteiger partial charge in [0.05, 0.1) is 17.7 Å². The highest BCUT2D eigenvalue weighted by molar-refractivity contribution is 7.99. The molecule has 0 aliphatic rings. The molecule has 3 aromatic rings. The van der Waals surface area contributed by atoms with Crippen LogP contribution in [0.15, 0.2) is 90.3 Å². The van der Waals surface area contributed by atoms with Gasteiger partial charge in [0.15, 0.2) is 0 Å². The van der Waals surface area contributed by atoms with Crippen LogP contribution in [0, 0.1) is 0 Å². The predicted molar refractivity (Wildman–Crippen MR) is 140 cm³/mol.